The molecule has 0 bridgehead atoms. The van der Waals surface area contributed by atoms with Gasteiger partial charge < -0.3 is 10.1 Å². The quantitative estimate of drug-likeness (QED) is 0.604. The van der Waals surface area contributed by atoms with Crippen LogP contribution in [0.3, 0.4) is 0 Å². The van der Waals surface area contributed by atoms with Crippen LogP contribution in [0.25, 0.3) is 16.6 Å². The maximum Gasteiger partial charge on any atom is 0.257 e. The van der Waals surface area contributed by atoms with Gasteiger partial charge in [-0.2, -0.15) is 5.10 Å². The first-order valence-corrected chi connectivity index (χ1v) is 8.14. The second-order valence-electron chi connectivity index (χ2n) is 6.14. The Kier molecular flexibility index (Phi) is 3.76. The van der Waals surface area contributed by atoms with Gasteiger partial charge in [0.2, 0.25) is 0 Å². The first-order chi connectivity index (χ1) is 12.5. The Morgan fingerprint density at radius 3 is 2.92 bits per heavy atom. The highest BCUT2D eigenvalue weighted by Gasteiger charge is 2.18. The van der Waals surface area contributed by atoms with Crippen LogP contribution in [0, 0.1) is 0 Å². The SMILES string of the molecule is CC(C)Oc1cccc2c1c(NC(=O)c1ccn3nnnc3c1)nn2C. The molecule has 1 amide bonds. The topological polar surface area (TPSA) is 99.2 Å². The van der Waals surface area contributed by atoms with Crippen molar-refractivity contribution >= 4 is 28.3 Å². The monoisotopic (exact) mass is 351 g/mol. The Hall–Kier alpha value is -3.49. The molecule has 0 aliphatic rings. The van der Waals surface area contributed by atoms with Crippen LogP contribution >= 0.6 is 0 Å². The van der Waals surface area contributed by atoms with Crippen molar-refractivity contribution in [2.75, 3.05) is 5.32 Å². The number of anilines is 1. The van der Waals surface area contributed by atoms with E-state index in [0.29, 0.717) is 22.8 Å². The third kappa shape index (κ3) is 2.73. The number of tetrazole rings is 1. The minimum Gasteiger partial charge on any atom is -0.490 e. The maximum absolute atomic E-state index is 12.7. The summed E-state index contributed by atoms with van der Waals surface area (Å²) >= 11 is 0. The zero-order valence-electron chi connectivity index (χ0n) is 14.5. The van der Waals surface area contributed by atoms with Gasteiger partial charge >= 0.3 is 0 Å². The lowest BCUT2D eigenvalue weighted by molar-refractivity contribution is 0.102. The van der Waals surface area contributed by atoms with Crippen molar-refractivity contribution in [1.82, 2.24) is 29.8 Å². The molecule has 4 rings (SSSR count). The molecule has 9 nitrogen and oxygen atoms in total. The first kappa shape index (κ1) is 16.0. The number of benzene rings is 1. The van der Waals surface area contributed by atoms with Gasteiger partial charge in [0.05, 0.1) is 17.0 Å². The smallest absolute Gasteiger partial charge is 0.257 e. The average Bonchev–Trinajstić information content (AvgIpc) is 3.19. The molecule has 0 aliphatic heterocycles. The molecule has 9 heteroatoms. The van der Waals surface area contributed by atoms with E-state index in [4.69, 9.17) is 4.74 Å². The molecule has 3 aromatic heterocycles. The van der Waals surface area contributed by atoms with E-state index in [1.54, 1.807) is 23.0 Å². The van der Waals surface area contributed by atoms with Crippen molar-refractivity contribution in [3.63, 3.8) is 0 Å². The van der Waals surface area contributed by atoms with Crippen LogP contribution in [0.5, 0.6) is 5.75 Å². The molecule has 0 radical (unpaired) electrons. The van der Waals surface area contributed by atoms with Gasteiger partial charge in [0.1, 0.15) is 5.75 Å². The minimum absolute atomic E-state index is 0.00667. The van der Waals surface area contributed by atoms with Crippen molar-refractivity contribution in [2.24, 2.45) is 7.05 Å². The van der Waals surface area contributed by atoms with E-state index >= 15 is 0 Å². The Bertz CT molecular complexity index is 1110. The molecule has 0 aliphatic carbocycles. The number of nitrogens with one attached hydrogen (secondary N) is 1. The summed E-state index contributed by atoms with van der Waals surface area (Å²) in [7, 11) is 1.82. The van der Waals surface area contributed by atoms with Crippen molar-refractivity contribution < 1.29 is 9.53 Å². The summed E-state index contributed by atoms with van der Waals surface area (Å²) in [4.78, 5) is 12.7. The second-order valence-corrected chi connectivity index (χ2v) is 6.14. The number of aryl methyl sites for hydroxylation is 1. The first-order valence-electron chi connectivity index (χ1n) is 8.14. The minimum atomic E-state index is -0.296. The summed E-state index contributed by atoms with van der Waals surface area (Å²) in [5.41, 5.74) is 1.80. The Morgan fingerprint density at radius 2 is 2.12 bits per heavy atom. The Labute approximate surface area is 148 Å². The third-order valence-electron chi connectivity index (χ3n) is 3.89. The summed E-state index contributed by atoms with van der Waals surface area (Å²) in [6.45, 7) is 3.91. The average molecular weight is 351 g/mol. The zero-order valence-corrected chi connectivity index (χ0v) is 14.5. The van der Waals surface area contributed by atoms with Crippen LogP contribution < -0.4 is 10.1 Å². The molecule has 0 saturated carbocycles. The van der Waals surface area contributed by atoms with E-state index in [-0.39, 0.29) is 12.0 Å². The number of amides is 1. The van der Waals surface area contributed by atoms with Gasteiger partial charge in [-0.05, 0) is 48.5 Å². The van der Waals surface area contributed by atoms with Crippen LogP contribution in [0.4, 0.5) is 5.82 Å². The molecule has 0 unspecified atom stereocenters. The molecule has 0 spiro atoms. The molecule has 1 aromatic carbocycles. The number of nitrogens with zero attached hydrogens (tertiary/aromatic N) is 6. The summed E-state index contributed by atoms with van der Waals surface area (Å²) in [6.07, 6.45) is 1.64. The Morgan fingerprint density at radius 1 is 1.27 bits per heavy atom. The number of hydrogen-bond acceptors (Lipinski definition) is 6. The molecule has 3 heterocycles. The van der Waals surface area contributed by atoms with E-state index < -0.39 is 0 Å². The van der Waals surface area contributed by atoms with E-state index in [1.807, 2.05) is 39.1 Å². The van der Waals surface area contributed by atoms with Crippen LogP contribution in [0.2, 0.25) is 0 Å². The van der Waals surface area contributed by atoms with Crippen molar-refractivity contribution in [3.8, 4) is 5.75 Å². The number of hydrogen-bond donors (Lipinski definition) is 1. The lowest BCUT2D eigenvalue weighted by Crippen LogP contribution is -2.13. The van der Waals surface area contributed by atoms with Gasteiger partial charge in [-0.25, -0.2) is 4.52 Å². The number of rotatable bonds is 4. The van der Waals surface area contributed by atoms with E-state index in [9.17, 15) is 4.79 Å². The van der Waals surface area contributed by atoms with Crippen LogP contribution in [0.1, 0.15) is 24.2 Å². The van der Waals surface area contributed by atoms with Crippen LogP contribution in [-0.2, 0) is 7.05 Å². The fraction of sp³-hybridized carbons (Fsp3) is 0.235. The number of carbonyl (C=O) groups is 1. The van der Waals surface area contributed by atoms with E-state index in [2.05, 4.69) is 25.9 Å². The lowest BCUT2D eigenvalue weighted by Gasteiger charge is -2.11. The summed E-state index contributed by atoms with van der Waals surface area (Å²) in [6, 6.07) is 8.97. The molecule has 0 fully saturated rings. The fourth-order valence-corrected chi connectivity index (χ4v) is 2.78. The molecule has 26 heavy (non-hydrogen) atoms. The van der Waals surface area contributed by atoms with Crippen molar-refractivity contribution in [3.05, 3.63) is 42.1 Å². The van der Waals surface area contributed by atoms with Gasteiger partial charge in [0, 0.05) is 18.8 Å². The molecular formula is C17H17N7O2. The summed E-state index contributed by atoms with van der Waals surface area (Å²) in [5.74, 6) is 0.830. The number of pyridine rings is 1. The molecule has 132 valence electrons. The van der Waals surface area contributed by atoms with Crippen molar-refractivity contribution in [2.45, 2.75) is 20.0 Å². The molecule has 0 atom stereocenters. The Balaban J connectivity index is 1.73. The third-order valence-corrected chi connectivity index (χ3v) is 3.89. The standard InChI is InChI=1S/C17H17N7O2/c1-10(2)26-13-6-4-5-12-15(13)16(20-23(12)3)18-17(25)11-7-8-24-14(9-11)19-21-22-24/h4-10H,1-3H3,(H,18,20,25). The zero-order chi connectivity index (χ0) is 18.3. The lowest BCUT2D eigenvalue weighted by atomic mass is 10.2. The number of carbonyl (C=O) groups excluding carboxylic acids is 1. The number of ether oxygens (including phenoxy) is 1. The second kappa shape index (κ2) is 6.10. The van der Waals surface area contributed by atoms with Gasteiger partial charge in [-0.15, -0.1) is 5.10 Å². The fourth-order valence-electron chi connectivity index (χ4n) is 2.78. The summed E-state index contributed by atoms with van der Waals surface area (Å²) in [5, 5.41) is 19.3. The van der Waals surface area contributed by atoms with E-state index in [0.717, 1.165) is 10.9 Å². The van der Waals surface area contributed by atoms with E-state index in [1.165, 1.54) is 4.52 Å². The maximum atomic E-state index is 12.7. The largest absolute Gasteiger partial charge is 0.490 e. The van der Waals surface area contributed by atoms with Gasteiger partial charge in [-0.1, -0.05) is 6.07 Å². The predicted molar refractivity (Wildman–Crippen MR) is 95.2 cm³/mol. The number of aromatic nitrogens is 6. The highest BCUT2D eigenvalue weighted by molar-refractivity contribution is 6.09. The predicted octanol–water partition coefficient (Wildman–Crippen LogP) is 2.05. The highest BCUT2D eigenvalue weighted by Crippen LogP contribution is 2.32. The molecule has 1 N–H and O–H groups in total. The van der Waals surface area contributed by atoms with Gasteiger partial charge in [0.15, 0.2) is 11.5 Å². The molecule has 4 aromatic rings. The highest BCUT2D eigenvalue weighted by atomic mass is 16.5. The van der Waals surface area contributed by atoms with Crippen LogP contribution in [-0.4, -0.2) is 41.8 Å². The molecular weight excluding hydrogens is 334 g/mol. The number of fused-ring (bicyclic) bond motifs is 2. The van der Waals surface area contributed by atoms with Gasteiger partial charge in [-0.3, -0.25) is 9.48 Å². The normalized spacial score (nSPS) is 11.4. The van der Waals surface area contributed by atoms with Gasteiger partial charge in [0.25, 0.3) is 5.91 Å². The molecule has 0 saturated heterocycles. The van der Waals surface area contributed by atoms with Crippen LogP contribution in [0.15, 0.2) is 36.5 Å². The summed E-state index contributed by atoms with van der Waals surface area (Å²) < 4.78 is 9.08. The van der Waals surface area contributed by atoms with Crippen molar-refractivity contribution in [1.29, 1.82) is 0 Å².